The van der Waals surface area contributed by atoms with Gasteiger partial charge in [-0.1, -0.05) is 12.5 Å². The van der Waals surface area contributed by atoms with Crippen LogP contribution in [0, 0.1) is 6.92 Å². The van der Waals surface area contributed by atoms with Crippen LogP contribution in [0.5, 0.6) is 5.75 Å². The zero-order valence-electron chi connectivity index (χ0n) is 25.3. The lowest BCUT2D eigenvalue weighted by atomic mass is 9.92. The van der Waals surface area contributed by atoms with Crippen LogP contribution in [0.1, 0.15) is 73.1 Å². The first-order valence-corrected chi connectivity index (χ1v) is 14.2. The van der Waals surface area contributed by atoms with Crippen LogP contribution in [0.3, 0.4) is 0 Å². The summed E-state index contributed by atoms with van der Waals surface area (Å²) < 4.78 is 23.4. The number of fused-ring (bicyclic) bond motifs is 1. The van der Waals surface area contributed by atoms with Gasteiger partial charge in [0, 0.05) is 49.1 Å². The summed E-state index contributed by atoms with van der Waals surface area (Å²) in [5, 5.41) is 4.44. The number of nitrogens with one attached hydrogen (secondary N) is 1. The number of rotatable bonds is 9. The third kappa shape index (κ3) is 6.85. The molecule has 0 aliphatic carbocycles. The molecule has 9 heteroatoms. The van der Waals surface area contributed by atoms with Crippen molar-refractivity contribution in [2.45, 2.75) is 65.1 Å². The van der Waals surface area contributed by atoms with Gasteiger partial charge < -0.3 is 24.3 Å². The zero-order valence-corrected chi connectivity index (χ0v) is 25.3. The summed E-state index contributed by atoms with van der Waals surface area (Å²) in [4.78, 5) is 27.8. The molecule has 1 fully saturated rings. The van der Waals surface area contributed by atoms with Crippen LogP contribution in [-0.4, -0.2) is 68.2 Å². The van der Waals surface area contributed by atoms with E-state index in [0.29, 0.717) is 25.3 Å². The van der Waals surface area contributed by atoms with Crippen molar-refractivity contribution in [3.05, 3.63) is 58.8 Å². The van der Waals surface area contributed by atoms with Gasteiger partial charge in [0.2, 0.25) is 0 Å². The Morgan fingerprint density at radius 2 is 1.85 bits per heavy atom. The molecule has 2 aromatic carbocycles. The number of ether oxygens (including phenoxy) is 4. The third-order valence-corrected chi connectivity index (χ3v) is 7.47. The summed E-state index contributed by atoms with van der Waals surface area (Å²) in [5.74, 6) is 0.425. The van der Waals surface area contributed by atoms with Crippen molar-refractivity contribution in [1.29, 1.82) is 0 Å². The molecule has 1 atom stereocenters. The van der Waals surface area contributed by atoms with E-state index in [1.807, 2.05) is 58.0 Å². The Labute approximate surface area is 242 Å². The standard InChI is InChI=1S/C32H43N3O6/c1-21-18-28(39-6)25(23-13-16-35(29(21)23)31(37)41-32(2,3)4)20-34-15-9-8-10-27(34)24-12-11-22(30(36)40-7)19-26(24)33-14-17-38-5/h11-13,16,18-19,27,33H,8-10,14-15,17,20H2,1-7H3. The summed E-state index contributed by atoms with van der Waals surface area (Å²) in [6, 6.07) is 9.84. The highest BCUT2D eigenvalue weighted by Gasteiger charge is 2.29. The molecule has 0 spiro atoms. The number of hydrogen-bond donors (Lipinski definition) is 1. The van der Waals surface area contributed by atoms with E-state index in [1.165, 1.54) is 7.11 Å². The molecule has 1 aromatic heterocycles. The fourth-order valence-corrected chi connectivity index (χ4v) is 5.64. The number of carbonyl (C=O) groups is 2. The molecule has 0 radical (unpaired) electrons. The van der Waals surface area contributed by atoms with Gasteiger partial charge in [0.05, 0.1) is 31.9 Å². The van der Waals surface area contributed by atoms with Crippen molar-refractivity contribution < 1.29 is 28.5 Å². The Morgan fingerprint density at radius 3 is 2.54 bits per heavy atom. The molecular weight excluding hydrogens is 522 g/mol. The Morgan fingerprint density at radius 1 is 1.07 bits per heavy atom. The van der Waals surface area contributed by atoms with Gasteiger partial charge >= 0.3 is 12.1 Å². The van der Waals surface area contributed by atoms with Gasteiger partial charge in [-0.2, -0.15) is 0 Å². The number of aromatic nitrogens is 1. The highest BCUT2D eigenvalue weighted by Crippen LogP contribution is 2.40. The molecule has 4 rings (SSSR count). The Balaban J connectivity index is 1.74. The molecule has 1 N–H and O–H groups in total. The predicted molar refractivity (Wildman–Crippen MR) is 160 cm³/mol. The van der Waals surface area contributed by atoms with E-state index in [0.717, 1.165) is 64.8 Å². The van der Waals surface area contributed by atoms with Crippen LogP contribution in [-0.2, 0) is 20.8 Å². The fourth-order valence-electron chi connectivity index (χ4n) is 5.64. The average molecular weight is 566 g/mol. The van der Waals surface area contributed by atoms with Crippen LogP contribution in [0.2, 0.25) is 0 Å². The molecule has 1 aliphatic rings. The van der Waals surface area contributed by atoms with Gasteiger partial charge in [0.1, 0.15) is 11.4 Å². The minimum absolute atomic E-state index is 0.120. The van der Waals surface area contributed by atoms with E-state index >= 15 is 0 Å². The van der Waals surface area contributed by atoms with Crippen LogP contribution in [0.4, 0.5) is 10.5 Å². The number of likely N-dealkylation sites (tertiary alicyclic amines) is 1. The van der Waals surface area contributed by atoms with E-state index in [4.69, 9.17) is 18.9 Å². The van der Waals surface area contributed by atoms with Crippen LogP contribution < -0.4 is 10.1 Å². The first kappa shape index (κ1) is 30.4. The molecule has 9 nitrogen and oxygen atoms in total. The maximum Gasteiger partial charge on any atom is 0.419 e. The van der Waals surface area contributed by atoms with Crippen LogP contribution >= 0.6 is 0 Å². The van der Waals surface area contributed by atoms with E-state index in [-0.39, 0.29) is 12.0 Å². The van der Waals surface area contributed by atoms with Gasteiger partial charge in [0.25, 0.3) is 0 Å². The van der Waals surface area contributed by atoms with Crippen LogP contribution in [0.15, 0.2) is 36.5 Å². The topological polar surface area (TPSA) is 91.3 Å². The first-order chi connectivity index (χ1) is 19.6. The lowest BCUT2D eigenvalue weighted by Crippen LogP contribution is -2.33. The summed E-state index contributed by atoms with van der Waals surface area (Å²) in [5.41, 5.74) is 4.73. The van der Waals surface area contributed by atoms with Crippen molar-refractivity contribution >= 4 is 28.7 Å². The quantitative estimate of drug-likeness (QED) is 0.238. The minimum atomic E-state index is -0.601. The summed E-state index contributed by atoms with van der Waals surface area (Å²) in [7, 11) is 4.75. The van der Waals surface area contributed by atoms with E-state index in [9.17, 15) is 9.59 Å². The Hall–Kier alpha value is -3.56. The summed E-state index contributed by atoms with van der Waals surface area (Å²) in [6.07, 6.45) is 4.55. The van der Waals surface area contributed by atoms with Gasteiger partial charge in [0.15, 0.2) is 0 Å². The van der Waals surface area contributed by atoms with Gasteiger partial charge in [-0.15, -0.1) is 0 Å². The lowest BCUT2D eigenvalue weighted by Gasteiger charge is -2.37. The fraction of sp³-hybridized carbons (Fsp3) is 0.500. The molecule has 2 heterocycles. The van der Waals surface area contributed by atoms with Gasteiger partial charge in [-0.3, -0.25) is 9.47 Å². The second kappa shape index (κ2) is 13.0. The van der Waals surface area contributed by atoms with Crippen molar-refractivity contribution in [1.82, 2.24) is 9.47 Å². The van der Waals surface area contributed by atoms with E-state index in [1.54, 1.807) is 25.0 Å². The van der Waals surface area contributed by atoms with Crippen molar-refractivity contribution in [3.63, 3.8) is 0 Å². The Kier molecular flexibility index (Phi) is 9.60. The molecule has 1 unspecified atom stereocenters. The molecule has 0 bridgehead atoms. The molecule has 0 saturated carbocycles. The Bertz CT molecular complexity index is 1390. The molecular formula is C32H43N3O6. The average Bonchev–Trinajstić information content (AvgIpc) is 3.40. The number of hydrogen-bond acceptors (Lipinski definition) is 8. The molecule has 1 aliphatic heterocycles. The number of nitrogens with zero attached hydrogens (tertiary/aromatic N) is 2. The maximum absolute atomic E-state index is 13.1. The first-order valence-electron chi connectivity index (χ1n) is 14.2. The van der Waals surface area contributed by atoms with Crippen molar-refractivity contribution in [2.75, 3.05) is 46.3 Å². The van der Waals surface area contributed by atoms with Gasteiger partial charge in [-0.25, -0.2) is 9.59 Å². The number of methoxy groups -OCH3 is 3. The number of aryl methyl sites for hydroxylation is 1. The third-order valence-electron chi connectivity index (χ3n) is 7.47. The zero-order chi connectivity index (χ0) is 29.7. The highest BCUT2D eigenvalue weighted by atomic mass is 16.6. The number of esters is 1. The number of carbonyl (C=O) groups excluding carboxylic acids is 2. The van der Waals surface area contributed by atoms with Crippen LogP contribution in [0.25, 0.3) is 10.9 Å². The molecule has 3 aromatic rings. The van der Waals surface area contributed by atoms with E-state index in [2.05, 4.69) is 10.2 Å². The van der Waals surface area contributed by atoms with Gasteiger partial charge in [-0.05, 0) is 82.5 Å². The lowest BCUT2D eigenvalue weighted by molar-refractivity contribution is 0.0542. The predicted octanol–water partition coefficient (Wildman–Crippen LogP) is 6.31. The molecule has 1 saturated heterocycles. The SMILES string of the molecule is COCCNc1cc(C(=O)OC)ccc1C1CCCCN1Cc1c(OC)cc(C)c2c1ccn2C(=O)OC(C)(C)C. The maximum atomic E-state index is 13.1. The summed E-state index contributed by atoms with van der Waals surface area (Å²) in [6.45, 7) is 10.3. The normalized spacial score (nSPS) is 16.0. The minimum Gasteiger partial charge on any atom is -0.496 e. The largest absolute Gasteiger partial charge is 0.496 e. The molecule has 0 amide bonds. The van der Waals surface area contributed by atoms with Crippen molar-refractivity contribution in [2.24, 2.45) is 0 Å². The highest BCUT2D eigenvalue weighted by molar-refractivity contribution is 5.95. The van der Waals surface area contributed by atoms with E-state index < -0.39 is 11.7 Å². The number of piperidine rings is 1. The van der Waals surface area contributed by atoms with Crippen molar-refractivity contribution in [3.8, 4) is 5.75 Å². The molecule has 41 heavy (non-hydrogen) atoms. The smallest absolute Gasteiger partial charge is 0.419 e. The second-order valence-electron chi connectivity index (χ2n) is 11.5. The second-order valence-corrected chi connectivity index (χ2v) is 11.5. The molecule has 222 valence electrons. The summed E-state index contributed by atoms with van der Waals surface area (Å²) >= 11 is 0. The monoisotopic (exact) mass is 565 g/mol. The number of anilines is 1. The number of benzene rings is 2.